The molecule has 2 aromatic rings. The monoisotopic (exact) mass is 309 g/mol. The third kappa shape index (κ3) is 3.89. The first-order chi connectivity index (χ1) is 9.91. The predicted molar refractivity (Wildman–Crippen MR) is 79.5 cm³/mol. The maximum Gasteiger partial charge on any atom is 0.228 e. The number of likely N-dealkylation sites (N-methyl/N-ethyl adjacent to an activating group) is 1. The molecule has 0 bridgehead atoms. The molecule has 0 aliphatic carbocycles. The molecule has 2 unspecified atom stereocenters. The van der Waals surface area contributed by atoms with Crippen LogP contribution in [0.2, 0.25) is 0 Å². The topological polar surface area (TPSA) is 85.1 Å². The van der Waals surface area contributed by atoms with Crippen LogP contribution in [0.5, 0.6) is 0 Å². The molecule has 0 aliphatic rings. The molecular formula is C14H19N3O3S. The number of benzene rings is 1. The van der Waals surface area contributed by atoms with Crippen molar-refractivity contribution in [1.29, 1.82) is 0 Å². The fourth-order valence-corrected chi connectivity index (χ4v) is 2.43. The molecule has 0 aliphatic heterocycles. The molecule has 2 atom stereocenters. The Morgan fingerprint density at radius 1 is 1.29 bits per heavy atom. The number of sulfone groups is 1. The first kappa shape index (κ1) is 15.7. The molecule has 0 spiro atoms. The quantitative estimate of drug-likeness (QED) is 0.874. The van der Waals surface area contributed by atoms with Crippen molar-refractivity contribution >= 4 is 9.84 Å². The van der Waals surface area contributed by atoms with Crippen LogP contribution in [0.25, 0.3) is 0 Å². The lowest BCUT2D eigenvalue weighted by molar-refractivity contribution is 0.358. The van der Waals surface area contributed by atoms with Gasteiger partial charge in [0.25, 0.3) is 0 Å². The minimum absolute atomic E-state index is 0.0352. The summed E-state index contributed by atoms with van der Waals surface area (Å²) in [6.45, 7) is 1.55. The van der Waals surface area contributed by atoms with Gasteiger partial charge >= 0.3 is 0 Å². The fourth-order valence-electron chi connectivity index (χ4n) is 1.95. The third-order valence-electron chi connectivity index (χ3n) is 3.42. The van der Waals surface area contributed by atoms with Crippen LogP contribution in [0, 0.1) is 0 Å². The second kappa shape index (κ2) is 6.36. The van der Waals surface area contributed by atoms with E-state index >= 15 is 0 Å². The van der Waals surface area contributed by atoms with E-state index < -0.39 is 15.1 Å². The van der Waals surface area contributed by atoms with E-state index in [9.17, 15) is 8.42 Å². The van der Waals surface area contributed by atoms with E-state index in [-0.39, 0.29) is 11.9 Å². The highest BCUT2D eigenvalue weighted by Crippen LogP contribution is 2.21. The molecule has 1 heterocycles. The Bertz CT molecular complexity index is 682. The predicted octanol–water partition coefficient (Wildman–Crippen LogP) is 1.68. The van der Waals surface area contributed by atoms with Gasteiger partial charge in [-0.25, -0.2) is 8.42 Å². The van der Waals surface area contributed by atoms with Gasteiger partial charge in [-0.15, -0.1) is 0 Å². The number of nitrogens with zero attached hydrogens (tertiary/aromatic N) is 2. The molecule has 0 saturated heterocycles. The van der Waals surface area contributed by atoms with Gasteiger partial charge in [0.05, 0.1) is 0 Å². The first-order valence-corrected chi connectivity index (χ1v) is 8.61. The van der Waals surface area contributed by atoms with Gasteiger partial charge in [0.2, 0.25) is 5.89 Å². The van der Waals surface area contributed by atoms with Gasteiger partial charge in [0.15, 0.2) is 15.7 Å². The van der Waals surface area contributed by atoms with E-state index in [4.69, 9.17) is 4.52 Å². The smallest absolute Gasteiger partial charge is 0.228 e. The summed E-state index contributed by atoms with van der Waals surface area (Å²) in [4.78, 5) is 4.19. The summed E-state index contributed by atoms with van der Waals surface area (Å²) in [7, 11) is -1.37. The summed E-state index contributed by atoms with van der Waals surface area (Å²) < 4.78 is 28.2. The van der Waals surface area contributed by atoms with Gasteiger partial charge in [-0.05, 0) is 19.5 Å². The van der Waals surface area contributed by atoms with E-state index in [0.717, 1.165) is 11.8 Å². The maximum atomic E-state index is 11.5. The fraction of sp³-hybridized carbons (Fsp3) is 0.429. The zero-order chi connectivity index (χ0) is 15.5. The van der Waals surface area contributed by atoms with Gasteiger partial charge < -0.3 is 9.84 Å². The molecule has 1 aromatic heterocycles. The van der Waals surface area contributed by atoms with Crippen molar-refractivity contribution < 1.29 is 12.9 Å². The van der Waals surface area contributed by atoms with E-state index in [2.05, 4.69) is 15.5 Å². The zero-order valence-corrected chi connectivity index (χ0v) is 13.1. The standard InChI is InChI=1S/C14H19N3O3S/c1-10(21(3,18)19)14-16-13(20-17-14)9-12(15-2)11-7-5-4-6-8-11/h4-8,10,12,15H,9H2,1-3H3. The molecule has 6 nitrogen and oxygen atoms in total. The molecule has 1 N–H and O–H groups in total. The zero-order valence-electron chi connectivity index (χ0n) is 12.3. The van der Waals surface area contributed by atoms with Crippen molar-refractivity contribution in [3.63, 3.8) is 0 Å². The van der Waals surface area contributed by atoms with Crippen LogP contribution in [-0.4, -0.2) is 31.9 Å². The number of rotatable bonds is 6. The SMILES string of the molecule is CNC(Cc1nc(C(C)S(C)(=O)=O)no1)c1ccccc1. The van der Waals surface area contributed by atoms with Gasteiger partial charge in [0.1, 0.15) is 5.25 Å². The van der Waals surface area contributed by atoms with Crippen LogP contribution in [0.4, 0.5) is 0 Å². The van der Waals surface area contributed by atoms with Crippen LogP contribution >= 0.6 is 0 Å². The molecule has 7 heteroatoms. The Morgan fingerprint density at radius 2 is 1.95 bits per heavy atom. The summed E-state index contributed by atoms with van der Waals surface area (Å²) in [6, 6.07) is 9.94. The van der Waals surface area contributed by atoms with Gasteiger partial charge in [-0.2, -0.15) is 4.98 Å². The third-order valence-corrected chi connectivity index (χ3v) is 4.91. The Hall–Kier alpha value is -1.73. The number of aromatic nitrogens is 2. The van der Waals surface area contributed by atoms with Crippen LogP contribution in [0.15, 0.2) is 34.9 Å². The number of nitrogens with one attached hydrogen (secondary N) is 1. The van der Waals surface area contributed by atoms with E-state index in [1.807, 2.05) is 37.4 Å². The molecule has 0 saturated carbocycles. The van der Waals surface area contributed by atoms with Crippen molar-refractivity contribution in [3.05, 3.63) is 47.6 Å². The highest BCUT2D eigenvalue weighted by molar-refractivity contribution is 7.90. The lowest BCUT2D eigenvalue weighted by Crippen LogP contribution is -2.19. The maximum absolute atomic E-state index is 11.5. The van der Waals surface area contributed by atoms with Gasteiger partial charge in [-0.3, -0.25) is 0 Å². The number of hydrogen-bond acceptors (Lipinski definition) is 6. The van der Waals surface area contributed by atoms with E-state index in [1.54, 1.807) is 6.92 Å². The second-order valence-corrected chi connectivity index (χ2v) is 7.34. The Balaban J connectivity index is 2.15. The Kier molecular flexibility index (Phi) is 4.74. The average Bonchev–Trinajstić information content (AvgIpc) is 2.92. The largest absolute Gasteiger partial charge is 0.339 e. The van der Waals surface area contributed by atoms with Crippen molar-refractivity contribution in [2.75, 3.05) is 13.3 Å². The highest BCUT2D eigenvalue weighted by atomic mass is 32.2. The average molecular weight is 309 g/mol. The second-order valence-electron chi connectivity index (χ2n) is 4.97. The van der Waals surface area contributed by atoms with Crippen molar-refractivity contribution in [3.8, 4) is 0 Å². The van der Waals surface area contributed by atoms with Crippen molar-refractivity contribution in [2.45, 2.75) is 24.6 Å². The lowest BCUT2D eigenvalue weighted by atomic mass is 10.0. The number of hydrogen-bond donors (Lipinski definition) is 1. The molecule has 2 rings (SSSR count). The van der Waals surface area contributed by atoms with Crippen molar-refractivity contribution in [2.24, 2.45) is 0 Å². The van der Waals surface area contributed by atoms with Crippen LogP contribution < -0.4 is 5.32 Å². The highest BCUT2D eigenvalue weighted by Gasteiger charge is 2.24. The van der Waals surface area contributed by atoms with E-state index in [1.165, 1.54) is 0 Å². The van der Waals surface area contributed by atoms with Crippen molar-refractivity contribution in [1.82, 2.24) is 15.5 Å². The molecule has 0 radical (unpaired) electrons. The Morgan fingerprint density at radius 3 is 2.52 bits per heavy atom. The molecule has 21 heavy (non-hydrogen) atoms. The minimum atomic E-state index is -3.23. The van der Waals surface area contributed by atoms with Crippen LogP contribution in [-0.2, 0) is 16.3 Å². The van der Waals surface area contributed by atoms with Crippen LogP contribution in [0.1, 0.15) is 35.5 Å². The van der Waals surface area contributed by atoms with E-state index in [0.29, 0.717) is 12.3 Å². The van der Waals surface area contributed by atoms with Gasteiger partial charge in [0, 0.05) is 18.7 Å². The molecule has 0 amide bonds. The normalized spacial score (nSPS) is 14.8. The lowest BCUT2D eigenvalue weighted by Gasteiger charge is -2.13. The summed E-state index contributed by atoms with van der Waals surface area (Å²) >= 11 is 0. The minimum Gasteiger partial charge on any atom is -0.339 e. The molecular weight excluding hydrogens is 290 g/mol. The van der Waals surface area contributed by atoms with Crippen LogP contribution in [0.3, 0.4) is 0 Å². The first-order valence-electron chi connectivity index (χ1n) is 6.65. The molecule has 114 valence electrons. The van der Waals surface area contributed by atoms with Gasteiger partial charge in [-0.1, -0.05) is 35.5 Å². The Labute approximate surface area is 124 Å². The molecule has 1 aromatic carbocycles. The summed E-state index contributed by atoms with van der Waals surface area (Å²) in [5.41, 5.74) is 1.11. The summed E-state index contributed by atoms with van der Waals surface area (Å²) in [6.07, 6.45) is 1.66. The summed E-state index contributed by atoms with van der Waals surface area (Å²) in [5.74, 6) is 0.624. The molecule has 0 fully saturated rings. The summed E-state index contributed by atoms with van der Waals surface area (Å²) in [5, 5.41) is 6.20.